The smallest absolute Gasteiger partial charge is 0.295 e. The summed E-state index contributed by atoms with van der Waals surface area (Å²) in [7, 11) is 1.50. The Labute approximate surface area is 185 Å². The Balaban J connectivity index is 2.30. The van der Waals surface area contributed by atoms with Gasteiger partial charge in [-0.1, -0.05) is 42.3 Å². The summed E-state index contributed by atoms with van der Waals surface area (Å²) >= 11 is 12.3. The number of aliphatic hydroxyl groups is 1. The highest BCUT2D eigenvalue weighted by atomic mass is 35.5. The van der Waals surface area contributed by atoms with Crippen molar-refractivity contribution in [1.82, 2.24) is 4.90 Å². The van der Waals surface area contributed by atoms with E-state index in [0.29, 0.717) is 39.9 Å². The summed E-state index contributed by atoms with van der Waals surface area (Å²) in [6.45, 7) is 6.01. The summed E-state index contributed by atoms with van der Waals surface area (Å²) in [6.07, 6.45) is 0.651. The van der Waals surface area contributed by atoms with Crippen LogP contribution in [0.1, 0.15) is 41.6 Å². The normalized spacial score (nSPS) is 18.2. The van der Waals surface area contributed by atoms with E-state index in [1.165, 1.54) is 12.0 Å². The lowest BCUT2D eigenvalue weighted by Crippen LogP contribution is -2.30. The first-order valence-electron chi connectivity index (χ1n) is 9.60. The van der Waals surface area contributed by atoms with Crippen molar-refractivity contribution >= 4 is 40.7 Å². The molecule has 30 heavy (non-hydrogen) atoms. The SMILES string of the molecule is CCCN1C(=O)C(=O)/C(=C(/O)c2cc(C)cc(C)c2OC)C1c1ccc(Cl)c(Cl)c1. The van der Waals surface area contributed by atoms with Gasteiger partial charge in [0, 0.05) is 6.54 Å². The zero-order valence-corrected chi connectivity index (χ0v) is 18.8. The first kappa shape index (κ1) is 22.2. The van der Waals surface area contributed by atoms with E-state index in [1.54, 1.807) is 24.3 Å². The molecule has 1 unspecified atom stereocenters. The molecule has 1 N–H and O–H groups in total. The minimum Gasteiger partial charge on any atom is -0.507 e. The van der Waals surface area contributed by atoms with Crippen molar-refractivity contribution in [3.05, 3.63) is 68.2 Å². The molecule has 0 radical (unpaired) electrons. The highest BCUT2D eigenvalue weighted by Gasteiger charge is 2.46. The molecule has 1 aliphatic heterocycles. The molecular formula is C23H23Cl2NO4. The van der Waals surface area contributed by atoms with Gasteiger partial charge in [0.1, 0.15) is 11.5 Å². The summed E-state index contributed by atoms with van der Waals surface area (Å²) in [5.41, 5.74) is 2.68. The summed E-state index contributed by atoms with van der Waals surface area (Å²) < 4.78 is 5.48. The lowest BCUT2D eigenvalue weighted by atomic mass is 9.93. The van der Waals surface area contributed by atoms with Crippen LogP contribution in [0, 0.1) is 13.8 Å². The quantitative estimate of drug-likeness (QED) is 0.375. The molecule has 1 saturated heterocycles. The first-order chi connectivity index (χ1) is 14.2. The van der Waals surface area contributed by atoms with Crippen LogP contribution in [0.15, 0.2) is 35.9 Å². The second-order valence-electron chi connectivity index (χ2n) is 7.33. The minimum atomic E-state index is -0.773. The summed E-state index contributed by atoms with van der Waals surface area (Å²) in [4.78, 5) is 27.3. The van der Waals surface area contributed by atoms with E-state index in [4.69, 9.17) is 27.9 Å². The maximum Gasteiger partial charge on any atom is 0.295 e. The molecule has 1 aliphatic rings. The predicted molar refractivity (Wildman–Crippen MR) is 118 cm³/mol. The van der Waals surface area contributed by atoms with Crippen LogP contribution in [-0.2, 0) is 9.59 Å². The zero-order valence-electron chi connectivity index (χ0n) is 17.3. The number of aryl methyl sites for hydroxylation is 2. The summed E-state index contributed by atoms with van der Waals surface area (Å²) in [5, 5.41) is 11.9. The van der Waals surface area contributed by atoms with Crippen molar-refractivity contribution in [2.75, 3.05) is 13.7 Å². The third-order valence-electron chi connectivity index (χ3n) is 5.14. The number of rotatable bonds is 5. The van der Waals surface area contributed by atoms with Gasteiger partial charge in [-0.2, -0.15) is 0 Å². The number of likely N-dealkylation sites (tertiary alicyclic amines) is 1. The number of ether oxygens (including phenoxy) is 1. The Bertz CT molecular complexity index is 1060. The van der Waals surface area contributed by atoms with Crippen molar-refractivity contribution in [1.29, 1.82) is 0 Å². The number of benzene rings is 2. The van der Waals surface area contributed by atoms with Gasteiger partial charge in [-0.3, -0.25) is 9.59 Å². The average molecular weight is 448 g/mol. The van der Waals surface area contributed by atoms with Crippen LogP contribution in [0.2, 0.25) is 10.0 Å². The molecule has 1 heterocycles. The maximum absolute atomic E-state index is 13.0. The number of Topliss-reactive ketones (excluding diaryl/α,β-unsaturated/α-hetero) is 1. The van der Waals surface area contributed by atoms with Gasteiger partial charge < -0.3 is 14.7 Å². The standard InChI is InChI=1S/C23H23Cl2NO4/c1-5-8-26-19(14-6-7-16(24)17(25)11-14)18(21(28)23(26)29)20(27)15-10-12(2)9-13(3)22(15)30-4/h6-7,9-11,19,27H,5,8H2,1-4H3/b20-18+. The highest BCUT2D eigenvalue weighted by Crippen LogP contribution is 2.42. The van der Waals surface area contributed by atoms with Gasteiger partial charge in [0.15, 0.2) is 0 Å². The van der Waals surface area contributed by atoms with Gasteiger partial charge in [0.2, 0.25) is 0 Å². The third-order valence-corrected chi connectivity index (χ3v) is 5.88. The van der Waals surface area contributed by atoms with Gasteiger partial charge in [-0.15, -0.1) is 0 Å². The van der Waals surface area contributed by atoms with Gasteiger partial charge in [0.05, 0.1) is 34.3 Å². The number of halogens is 2. The maximum atomic E-state index is 13.0. The van der Waals surface area contributed by atoms with Crippen molar-refractivity contribution in [3.8, 4) is 5.75 Å². The Morgan fingerprint density at radius 1 is 1.13 bits per heavy atom. The molecule has 1 atom stereocenters. The number of carbonyl (C=O) groups is 2. The summed E-state index contributed by atoms with van der Waals surface area (Å²) in [5.74, 6) is -1.21. The number of aliphatic hydroxyl groups excluding tert-OH is 1. The zero-order chi connectivity index (χ0) is 22.2. The Morgan fingerprint density at radius 2 is 1.83 bits per heavy atom. The van der Waals surface area contributed by atoms with Gasteiger partial charge in [-0.05, 0) is 55.2 Å². The predicted octanol–water partition coefficient (Wildman–Crippen LogP) is 5.45. The van der Waals surface area contributed by atoms with Crippen LogP contribution in [0.4, 0.5) is 0 Å². The Hall–Kier alpha value is -2.50. The van der Waals surface area contributed by atoms with Crippen LogP contribution in [0.3, 0.4) is 0 Å². The lowest BCUT2D eigenvalue weighted by molar-refractivity contribution is -0.139. The molecule has 1 fully saturated rings. The molecule has 0 aromatic heterocycles. The fourth-order valence-electron chi connectivity index (χ4n) is 3.93. The van der Waals surface area contributed by atoms with Crippen LogP contribution in [-0.4, -0.2) is 35.4 Å². The average Bonchev–Trinajstić information content (AvgIpc) is 2.94. The Kier molecular flexibility index (Phi) is 6.44. The molecule has 5 nitrogen and oxygen atoms in total. The molecule has 2 aromatic rings. The highest BCUT2D eigenvalue weighted by molar-refractivity contribution is 6.47. The van der Waals surface area contributed by atoms with Gasteiger partial charge in [-0.25, -0.2) is 0 Å². The first-order valence-corrected chi connectivity index (χ1v) is 10.4. The second-order valence-corrected chi connectivity index (χ2v) is 8.14. The van der Waals surface area contributed by atoms with Crippen LogP contribution < -0.4 is 4.74 Å². The van der Waals surface area contributed by atoms with E-state index in [9.17, 15) is 14.7 Å². The fourth-order valence-corrected chi connectivity index (χ4v) is 4.23. The Morgan fingerprint density at radius 3 is 2.43 bits per heavy atom. The minimum absolute atomic E-state index is 0.00939. The molecule has 3 rings (SSSR count). The molecule has 0 spiro atoms. The molecular weight excluding hydrogens is 425 g/mol. The molecule has 0 bridgehead atoms. The van der Waals surface area contributed by atoms with Gasteiger partial charge in [0.25, 0.3) is 11.7 Å². The van der Waals surface area contributed by atoms with Crippen molar-refractivity contribution in [2.24, 2.45) is 0 Å². The fraction of sp³-hybridized carbons (Fsp3) is 0.304. The number of hydrogen-bond donors (Lipinski definition) is 1. The van der Waals surface area contributed by atoms with E-state index in [2.05, 4.69) is 0 Å². The topological polar surface area (TPSA) is 66.8 Å². The van der Waals surface area contributed by atoms with Crippen molar-refractivity contribution in [3.63, 3.8) is 0 Å². The molecule has 0 saturated carbocycles. The molecule has 1 amide bonds. The molecule has 7 heteroatoms. The van der Waals surface area contributed by atoms with Crippen molar-refractivity contribution < 1.29 is 19.4 Å². The number of carbonyl (C=O) groups excluding carboxylic acids is 2. The number of methoxy groups -OCH3 is 1. The van der Waals surface area contributed by atoms with E-state index >= 15 is 0 Å². The monoisotopic (exact) mass is 447 g/mol. The number of amides is 1. The second kappa shape index (κ2) is 8.70. The van der Waals surface area contributed by atoms with E-state index < -0.39 is 17.7 Å². The molecule has 0 aliphatic carbocycles. The molecule has 2 aromatic carbocycles. The number of hydrogen-bond acceptors (Lipinski definition) is 4. The molecule has 158 valence electrons. The number of nitrogens with zero attached hydrogens (tertiary/aromatic N) is 1. The van der Waals surface area contributed by atoms with Crippen molar-refractivity contribution in [2.45, 2.75) is 33.2 Å². The van der Waals surface area contributed by atoms with Crippen LogP contribution >= 0.6 is 23.2 Å². The van der Waals surface area contributed by atoms with E-state index in [-0.39, 0.29) is 11.3 Å². The third kappa shape index (κ3) is 3.80. The van der Waals surface area contributed by atoms with E-state index in [0.717, 1.165) is 11.1 Å². The lowest BCUT2D eigenvalue weighted by Gasteiger charge is -2.25. The summed E-state index contributed by atoms with van der Waals surface area (Å²) in [6, 6.07) is 7.82. The largest absolute Gasteiger partial charge is 0.507 e. The van der Waals surface area contributed by atoms with Crippen LogP contribution in [0.5, 0.6) is 5.75 Å². The number of ketones is 1. The van der Waals surface area contributed by atoms with E-state index in [1.807, 2.05) is 26.8 Å². The van der Waals surface area contributed by atoms with Gasteiger partial charge >= 0.3 is 0 Å². The van der Waals surface area contributed by atoms with Crippen LogP contribution in [0.25, 0.3) is 5.76 Å².